The van der Waals surface area contributed by atoms with Crippen LogP contribution in [0.15, 0.2) is 24.3 Å². The van der Waals surface area contributed by atoms with Gasteiger partial charge >= 0.3 is 5.97 Å². The van der Waals surface area contributed by atoms with Crippen LogP contribution in [0.1, 0.15) is 33.4 Å². The predicted molar refractivity (Wildman–Crippen MR) is 91.1 cm³/mol. The highest BCUT2D eigenvalue weighted by atomic mass is 32.1. The molecule has 0 saturated heterocycles. The van der Waals surface area contributed by atoms with Gasteiger partial charge in [0.25, 0.3) is 0 Å². The Hall–Kier alpha value is -2.21. The van der Waals surface area contributed by atoms with Crippen LogP contribution in [0.3, 0.4) is 0 Å². The standard InChI is InChI=1S/C17H20N2O3S/c1-5-22-16(21)15-12(3)18-17(23-15)19(4)14(20)10-13-9-7-6-8-11(13)2/h6-9H,5,10H2,1-4H3. The van der Waals surface area contributed by atoms with Gasteiger partial charge in [0.05, 0.1) is 18.7 Å². The molecule has 2 rings (SSSR count). The van der Waals surface area contributed by atoms with Crippen LogP contribution in [0, 0.1) is 13.8 Å². The molecule has 122 valence electrons. The molecule has 23 heavy (non-hydrogen) atoms. The van der Waals surface area contributed by atoms with Gasteiger partial charge < -0.3 is 4.74 Å². The fourth-order valence-corrected chi connectivity index (χ4v) is 3.05. The zero-order valence-electron chi connectivity index (χ0n) is 13.8. The van der Waals surface area contributed by atoms with E-state index >= 15 is 0 Å². The van der Waals surface area contributed by atoms with Crippen LogP contribution in [0.5, 0.6) is 0 Å². The van der Waals surface area contributed by atoms with Gasteiger partial charge in [-0.05, 0) is 31.9 Å². The summed E-state index contributed by atoms with van der Waals surface area (Å²) < 4.78 is 5.00. The molecule has 0 unspecified atom stereocenters. The normalized spacial score (nSPS) is 10.4. The number of likely N-dealkylation sites (N-methyl/N-ethyl adjacent to an activating group) is 1. The monoisotopic (exact) mass is 332 g/mol. The molecular formula is C17H20N2O3S. The first-order valence-corrected chi connectivity index (χ1v) is 8.21. The highest BCUT2D eigenvalue weighted by molar-refractivity contribution is 7.17. The van der Waals surface area contributed by atoms with Crippen molar-refractivity contribution in [1.82, 2.24) is 4.98 Å². The van der Waals surface area contributed by atoms with Crippen LogP contribution < -0.4 is 4.90 Å². The molecule has 5 nitrogen and oxygen atoms in total. The lowest BCUT2D eigenvalue weighted by atomic mass is 10.1. The second kappa shape index (κ2) is 7.37. The summed E-state index contributed by atoms with van der Waals surface area (Å²) in [6, 6.07) is 7.79. The van der Waals surface area contributed by atoms with E-state index in [-0.39, 0.29) is 5.91 Å². The Morgan fingerprint density at radius 2 is 1.96 bits per heavy atom. The first-order valence-electron chi connectivity index (χ1n) is 7.39. The lowest BCUT2D eigenvalue weighted by molar-refractivity contribution is -0.117. The van der Waals surface area contributed by atoms with Crippen LogP contribution >= 0.6 is 11.3 Å². The molecule has 0 atom stereocenters. The zero-order chi connectivity index (χ0) is 17.0. The number of anilines is 1. The summed E-state index contributed by atoms with van der Waals surface area (Å²) in [4.78, 5) is 30.6. The minimum absolute atomic E-state index is 0.0662. The van der Waals surface area contributed by atoms with Crippen molar-refractivity contribution in [1.29, 1.82) is 0 Å². The first-order chi connectivity index (χ1) is 10.9. The number of nitrogens with zero attached hydrogens (tertiary/aromatic N) is 2. The van der Waals surface area contributed by atoms with Crippen molar-refractivity contribution in [2.24, 2.45) is 0 Å². The van der Waals surface area contributed by atoms with Gasteiger partial charge in [-0.3, -0.25) is 9.69 Å². The number of rotatable bonds is 5. The van der Waals surface area contributed by atoms with Gasteiger partial charge in [-0.15, -0.1) is 0 Å². The maximum Gasteiger partial charge on any atom is 0.350 e. The number of esters is 1. The van der Waals surface area contributed by atoms with Gasteiger partial charge in [-0.2, -0.15) is 0 Å². The lowest BCUT2D eigenvalue weighted by Crippen LogP contribution is -2.28. The van der Waals surface area contributed by atoms with E-state index in [9.17, 15) is 9.59 Å². The van der Waals surface area contributed by atoms with Crippen molar-refractivity contribution in [2.75, 3.05) is 18.6 Å². The number of hydrogen-bond acceptors (Lipinski definition) is 5. The highest BCUT2D eigenvalue weighted by Gasteiger charge is 2.21. The van der Waals surface area contributed by atoms with E-state index in [1.54, 1.807) is 20.9 Å². The molecule has 0 aliphatic rings. The van der Waals surface area contributed by atoms with E-state index in [2.05, 4.69) is 4.98 Å². The quantitative estimate of drug-likeness (QED) is 0.789. The molecule has 0 radical (unpaired) electrons. The van der Waals surface area contributed by atoms with Crippen molar-refractivity contribution in [3.05, 3.63) is 46.0 Å². The van der Waals surface area contributed by atoms with Crippen molar-refractivity contribution in [3.63, 3.8) is 0 Å². The largest absolute Gasteiger partial charge is 0.462 e. The summed E-state index contributed by atoms with van der Waals surface area (Å²) in [6.45, 7) is 5.79. The number of benzene rings is 1. The first kappa shape index (κ1) is 17.1. The van der Waals surface area contributed by atoms with Crippen molar-refractivity contribution >= 4 is 28.3 Å². The summed E-state index contributed by atoms with van der Waals surface area (Å²) in [5, 5.41) is 0.504. The fraction of sp³-hybridized carbons (Fsp3) is 0.353. The molecular weight excluding hydrogens is 312 g/mol. The molecule has 1 amide bonds. The molecule has 0 bridgehead atoms. The number of thiazole rings is 1. The Morgan fingerprint density at radius 3 is 2.61 bits per heavy atom. The Kier molecular flexibility index (Phi) is 5.50. The molecule has 0 spiro atoms. The van der Waals surface area contributed by atoms with Gasteiger partial charge in [0, 0.05) is 7.05 Å². The van der Waals surface area contributed by atoms with Crippen molar-refractivity contribution in [3.8, 4) is 0 Å². The summed E-state index contributed by atoms with van der Waals surface area (Å²) in [5.41, 5.74) is 2.65. The molecule has 0 saturated carbocycles. The van der Waals surface area contributed by atoms with E-state index in [0.717, 1.165) is 11.1 Å². The van der Waals surface area contributed by atoms with E-state index in [0.29, 0.717) is 28.7 Å². The van der Waals surface area contributed by atoms with Crippen LogP contribution in [0.25, 0.3) is 0 Å². The summed E-state index contributed by atoms with van der Waals surface area (Å²) in [7, 11) is 1.67. The number of aromatic nitrogens is 1. The second-order valence-corrected chi connectivity index (χ2v) is 6.16. The smallest absolute Gasteiger partial charge is 0.350 e. The van der Waals surface area contributed by atoms with Crippen molar-refractivity contribution < 1.29 is 14.3 Å². The van der Waals surface area contributed by atoms with E-state index in [4.69, 9.17) is 4.74 Å². The number of amides is 1. The van der Waals surface area contributed by atoms with E-state index in [1.165, 1.54) is 16.2 Å². The molecule has 1 aromatic carbocycles. The molecule has 2 aromatic rings. The lowest BCUT2D eigenvalue weighted by Gasteiger charge is -2.14. The van der Waals surface area contributed by atoms with Crippen LogP contribution in [-0.2, 0) is 16.0 Å². The molecule has 0 aliphatic carbocycles. The van der Waals surface area contributed by atoms with Gasteiger partial charge in [-0.1, -0.05) is 35.6 Å². The maximum atomic E-state index is 12.5. The molecule has 0 N–H and O–H groups in total. The summed E-state index contributed by atoms with van der Waals surface area (Å²) in [6.07, 6.45) is 0.302. The zero-order valence-corrected chi connectivity index (χ0v) is 14.6. The minimum Gasteiger partial charge on any atom is -0.462 e. The fourth-order valence-electron chi connectivity index (χ4n) is 2.11. The average Bonchev–Trinajstić information content (AvgIpc) is 2.91. The van der Waals surface area contributed by atoms with Gasteiger partial charge in [0.15, 0.2) is 5.13 Å². The van der Waals surface area contributed by atoms with E-state index in [1.807, 2.05) is 31.2 Å². The Bertz CT molecular complexity index is 724. The third-order valence-corrected chi connectivity index (χ3v) is 4.72. The molecule has 0 aliphatic heterocycles. The molecule has 1 heterocycles. The number of aryl methyl sites for hydroxylation is 2. The van der Waals surface area contributed by atoms with Gasteiger partial charge in [0.2, 0.25) is 5.91 Å². The SMILES string of the molecule is CCOC(=O)c1sc(N(C)C(=O)Cc2ccccc2C)nc1C. The van der Waals surface area contributed by atoms with Crippen LogP contribution in [-0.4, -0.2) is 30.5 Å². The number of ether oxygens (including phenoxy) is 1. The summed E-state index contributed by atoms with van der Waals surface area (Å²) >= 11 is 1.18. The molecule has 6 heteroatoms. The van der Waals surface area contributed by atoms with Gasteiger partial charge in [0.1, 0.15) is 4.88 Å². The Balaban J connectivity index is 2.15. The van der Waals surface area contributed by atoms with Gasteiger partial charge in [-0.25, -0.2) is 9.78 Å². The molecule has 0 fully saturated rings. The maximum absolute atomic E-state index is 12.5. The Labute approximate surface area is 139 Å². The number of carbonyl (C=O) groups is 2. The highest BCUT2D eigenvalue weighted by Crippen LogP contribution is 2.26. The third-order valence-electron chi connectivity index (χ3n) is 3.51. The van der Waals surface area contributed by atoms with Crippen LogP contribution in [0.4, 0.5) is 5.13 Å². The van der Waals surface area contributed by atoms with Crippen molar-refractivity contribution in [2.45, 2.75) is 27.2 Å². The second-order valence-electron chi connectivity index (χ2n) is 5.19. The third kappa shape index (κ3) is 3.96. The molecule has 1 aromatic heterocycles. The van der Waals surface area contributed by atoms with E-state index < -0.39 is 5.97 Å². The predicted octanol–water partition coefficient (Wildman–Crippen LogP) is 3.14. The Morgan fingerprint density at radius 1 is 1.26 bits per heavy atom. The summed E-state index contributed by atoms with van der Waals surface area (Å²) in [5.74, 6) is -0.461. The average molecular weight is 332 g/mol. The number of carbonyl (C=O) groups excluding carboxylic acids is 2. The minimum atomic E-state index is -0.395. The van der Waals surface area contributed by atoms with Crippen LogP contribution in [0.2, 0.25) is 0 Å². The topological polar surface area (TPSA) is 59.5 Å². The number of hydrogen-bond donors (Lipinski definition) is 0.